The molecule has 29 heavy (non-hydrogen) atoms. The molecule has 2 N–H and O–H groups in total. The molecule has 2 aliphatic heterocycles. The van der Waals surface area contributed by atoms with Crippen molar-refractivity contribution in [3.63, 3.8) is 0 Å². The van der Waals surface area contributed by atoms with Gasteiger partial charge in [0, 0.05) is 44.6 Å². The Balaban J connectivity index is 1.54. The van der Waals surface area contributed by atoms with Gasteiger partial charge in [0.15, 0.2) is 6.10 Å². The number of nitrogen functional groups attached to an aromatic ring is 1. The number of pyridine rings is 1. The first-order valence-electron chi connectivity index (χ1n) is 10.5. The Morgan fingerprint density at radius 3 is 2.79 bits per heavy atom. The van der Waals surface area contributed by atoms with Gasteiger partial charge in [-0.1, -0.05) is 37.6 Å². The Bertz CT molecular complexity index is 877. The van der Waals surface area contributed by atoms with Gasteiger partial charge in [0.1, 0.15) is 5.82 Å². The van der Waals surface area contributed by atoms with Crippen LogP contribution in [0.3, 0.4) is 0 Å². The Kier molecular flexibility index (Phi) is 5.46. The molecule has 1 saturated heterocycles. The molecule has 0 unspecified atom stereocenters. The fraction of sp³-hybridized carbons (Fsp3) is 0.478. The van der Waals surface area contributed by atoms with Gasteiger partial charge in [0.05, 0.1) is 5.60 Å². The van der Waals surface area contributed by atoms with Crippen LogP contribution in [0, 0.1) is 0 Å². The van der Waals surface area contributed by atoms with Gasteiger partial charge in [-0.05, 0) is 36.5 Å². The SMILES string of the molecule is CCCCN(C)C(=O)[C@@H]1OC2(CCN(c3cc(N)ccn3)CC2)c2ccccc21. The van der Waals surface area contributed by atoms with Crippen LogP contribution in [-0.2, 0) is 15.1 Å². The molecule has 1 amide bonds. The minimum Gasteiger partial charge on any atom is -0.399 e. The molecule has 1 spiro atoms. The van der Waals surface area contributed by atoms with E-state index in [-0.39, 0.29) is 5.91 Å². The number of benzene rings is 1. The molecule has 0 radical (unpaired) electrons. The molecule has 0 aliphatic carbocycles. The number of amides is 1. The van der Waals surface area contributed by atoms with Crippen molar-refractivity contribution in [3.8, 4) is 0 Å². The van der Waals surface area contributed by atoms with Crippen LogP contribution in [0.15, 0.2) is 42.6 Å². The molecule has 0 bridgehead atoms. The number of piperidine rings is 1. The summed E-state index contributed by atoms with van der Waals surface area (Å²) < 4.78 is 6.57. The van der Waals surface area contributed by atoms with Crippen LogP contribution in [0.1, 0.15) is 49.8 Å². The van der Waals surface area contributed by atoms with Crippen molar-refractivity contribution in [1.82, 2.24) is 9.88 Å². The van der Waals surface area contributed by atoms with Crippen molar-refractivity contribution in [3.05, 3.63) is 53.7 Å². The van der Waals surface area contributed by atoms with Crippen LogP contribution in [0.4, 0.5) is 11.5 Å². The zero-order valence-corrected chi connectivity index (χ0v) is 17.3. The average molecular weight is 395 g/mol. The van der Waals surface area contributed by atoms with Crippen LogP contribution < -0.4 is 10.6 Å². The quantitative estimate of drug-likeness (QED) is 0.840. The van der Waals surface area contributed by atoms with Gasteiger partial charge in [-0.25, -0.2) is 4.98 Å². The van der Waals surface area contributed by atoms with Crippen LogP contribution >= 0.6 is 0 Å². The fourth-order valence-corrected chi connectivity index (χ4v) is 4.47. The highest BCUT2D eigenvalue weighted by atomic mass is 16.5. The summed E-state index contributed by atoms with van der Waals surface area (Å²) >= 11 is 0. The lowest BCUT2D eigenvalue weighted by Gasteiger charge is -2.40. The first kappa shape index (κ1) is 19.7. The minimum absolute atomic E-state index is 0.0581. The Labute approximate surface area is 172 Å². The van der Waals surface area contributed by atoms with Gasteiger partial charge in [-0.3, -0.25) is 4.79 Å². The summed E-state index contributed by atoms with van der Waals surface area (Å²) in [5, 5.41) is 0. The first-order chi connectivity index (χ1) is 14.0. The number of hydrogen-bond donors (Lipinski definition) is 1. The first-order valence-corrected chi connectivity index (χ1v) is 10.5. The highest BCUT2D eigenvalue weighted by Crippen LogP contribution is 2.50. The molecule has 1 aromatic carbocycles. The molecule has 1 fully saturated rings. The van der Waals surface area contributed by atoms with E-state index in [1.54, 1.807) is 12.3 Å². The van der Waals surface area contributed by atoms with E-state index in [9.17, 15) is 4.79 Å². The van der Waals surface area contributed by atoms with E-state index in [2.05, 4.69) is 22.9 Å². The third-order valence-corrected chi connectivity index (χ3v) is 6.19. The number of nitrogens with zero attached hydrogens (tertiary/aromatic N) is 3. The summed E-state index contributed by atoms with van der Waals surface area (Å²) in [5.41, 5.74) is 8.44. The summed E-state index contributed by atoms with van der Waals surface area (Å²) in [4.78, 5) is 21.7. The Morgan fingerprint density at radius 1 is 1.31 bits per heavy atom. The maximum Gasteiger partial charge on any atom is 0.256 e. The summed E-state index contributed by atoms with van der Waals surface area (Å²) in [6, 6.07) is 11.9. The zero-order chi connectivity index (χ0) is 20.4. The molecule has 154 valence electrons. The van der Waals surface area contributed by atoms with Crippen molar-refractivity contribution < 1.29 is 9.53 Å². The molecular formula is C23H30N4O2. The lowest BCUT2D eigenvalue weighted by Crippen LogP contribution is -2.43. The summed E-state index contributed by atoms with van der Waals surface area (Å²) in [5.74, 6) is 0.959. The number of ether oxygens (including phenoxy) is 1. The van der Waals surface area contributed by atoms with Crippen LogP contribution in [0.5, 0.6) is 0 Å². The highest BCUT2D eigenvalue weighted by molar-refractivity contribution is 5.83. The standard InChI is InChI=1S/C23H30N4O2/c1-3-4-13-26(2)22(28)21-18-7-5-6-8-19(18)23(29-21)10-14-27(15-11-23)20-16-17(24)9-12-25-20/h5-9,12,16,21H,3-4,10-11,13-15H2,1-2H3,(H2,24,25)/t21-/m1/s1. The predicted octanol–water partition coefficient (Wildman–Crippen LogP) is 3.49. The highest BCUT2D eigenvalue weighted by Gasteiger charge is 2.49. The van der Waals surface area contributed by atoms with Crippen molar-refractivity contribution in [2.75, 3.05) is 37.3 Å². The molecule has 1 aromatic heterocycles. The number of carbonyl (C=O) groups is 1. The van der Waals surface area contributed by atoms with Crippen molar-refractivity contribution >= 4 is 17.4 Å². The normalized spacial score (nSPS) is 19.9. The molecule has 6 heteroatoms. The van der Waals surface area contributed by atoms with Gasteiger partial charge in [0.25, 0.3) is 5.91 Å². The summed E-state index contributed by atoms with van der Waals surface area (Å²) in [6.45, 7) is 4.53. The van der Waals surface area contributed by atoms with Crippen LogP contribution in [-0.4, -0.2) is 42.5 Å². The second kappa shape index (κ2) is 8.03. The van der Waals surface area contributed by atoms with Gasteiger partial charge < -0.3 is 20.3 Å². The monoisotopic (exact) mass is 394 g/mol. The number of fused-ring (bicyclic) bond motifs is 2. The van der Waals surface area contributed by atoms with E-state index in [4.69, 9.17) is 10.5 Å². The van der Waals surface area contributed by atoms with Crippen molar-refractivity contribution in [2.24, 2.45) is 0 Å². The molecule has 2 aliphatic rings. The molecule has 6 nitrogen and oxygen atoms in total. The third-order valence-electron chi connectivity index (χ3n) is 6.19. The van der Waals surface area contributed by atoms with Crippen molar-refractivity contribution in [1.29, 1.82) is 0 Å². The van der Waals surface area contributed by atoms with Gasteiger partial charge in [-0.2, -0.15) is 0 Å². The largest absolute Gasteiger partial charge is 0.399 e. The van der Waals surface area contributed by atoms with E-state index in [0.717, 1.165) is 62.4 Å². The maximum atomic E-state index is 13.1. The predicted molar refractivity (Wildman–Crippen MR) is 115 cm³/mol. The second-order valence-corrected chi connectivity index (χ2v) is 8.13. The van der Waals surface area contributed by atoms with Crippen molar-refractivity contribution in [2.45, 2.75) is 44.3 Å². The maximum absolute atomic E-state index is 13.1. The molecule has 0 saturated carbocycles. The van der Waals surface area contributed by atoms with Crippen LogP contribution in [0.2, 0.25) is 0 Å². The number of nitrogens with two attached hydrogens (primary N) is 1. The Hall–Kier alpha value is -2.60. The average Bonchev–Trinajstić information content (AvgIpc) is 3.06. The third kappa shape index (κ3) is 3.69. The number of aromatic nitrogens is 1. The number of likely N-dealkylation sites (N-methyl/N-ethyl adjacent to an activating group) is 1. The Morgan fingerprint density at radius 2 is 2.07 bits per heavy atom. The number of rotatable bonds is 5. The van der Waals surface area contributed by atoms with Gasteiger partial charge in [-0.15, -0.1) is 0 Å². The fourth-order valence-electron chi connectivity index (χ4n) is 4.47. The summed E-state index contributed by atoms with van der Waals surface area (Å²) in [6.07, 6.45) is 4.95. The number of anilines is 2. The van der Waals surface area contributed by atoms with E-state index in [1.165, 1.54) is 5.56 Å². The van der Waals surface area contributed by atoms with Gasteiger partial charge in [0.2, 0.25) is 0 Å². The van der Waals surface area contributed by atoms with E-state index in [0.29, 0.717) is 0 Å². The molecule has 2 aromatic rings. The topological polar surface area (TPSA) is 71.7 Å². The molecule has 4 rings (SSSR count). The van der Waals surface area contributed by atoms with Gasteiger partial charge >= 0.3 is 0 Å². The number of hydrogen-bond acceptors (Lipinski definition) is 5. The van der Waals surface area contributed by atoms with E-state index in [1.807, 2.05) is 36.2 Å². The molecular weight excluding hydrogens is 364 g/mol. The number of carbonyl (C=O) groups excluding carboxylic acids is 1. The number of unbranched alkanes of at least 4 members (excludes halogenated alkanes) is 1. The second-order valence-electron chi connectivity index (χ2n) is 8.13. The lowest BCUT2D eigenvalue weighted by atomic mass is 9.83. The molecule has 3 heterocycles. The minimum atomic E-state index is -0.509. The lowest BCUT2D eigenvalue weighted by molar-refractivity contribution is -0.156. The van der Waals surface area contributed by atoms with E-state index >= 15 is 0 Å². The van der Waals surface area contributed by atoms with Crippen LogP contribution in [0.25, 0.3) is 0 Å². The zero-order valence-electron chi connectivity index (χ0n) is 17.3. The summed E-state index contributed by atoms with van der Waals surface area (Å²) in [7, 11) is 1.88. The smallest absolute Gasteiger partial charge is 0.256 e. The van der Waals surface area contributed by atoms with E-state index < -0.39 is 11.7 Å². The molecule has 1 atom stereocenters.